The van der Waals surface area contributed by atoms with Crippen LogP contribution in [0.15, 0.2) is 192 Å². The maximum absolute atomic E-state index is 7.16. The second kappa shape index (κ2) is 14.8. The van der Waals surface area contributed by atoms with Gasteiger partial charge in [-0.3, -0.25) is 0 Å². The molecule has 328 valence electrons. The molecular weight excluding hydrogens is 832 g/mol. The van der Waals surface area contributed by atoms with Crippen molar-refractivity contribution < 1.29 is 13.9 Å². The van der Waals surface area contributed by atoms with Crippen LogP contribution in [-0.2, 0) is 10.8 Å². The number of furan rings is 1. The molecule has 0 atom stereocenters. The number of anilines is 3. The summed E-state index contributed by atoms with van der Waals surface area (Å²) >= 11 is 0. The van der Waals surface area contributed by atoms with Crippen LogP contribution in [-0.4, -0.2) is 11.3 Å². The molecule has 13 rings (SSSR count). The molecule has 0 unspecified atom stereocenters. The number of hydrogen-bond acceptors (Lipinski definition) is 4. The van der Waals surface area contributed by atoms with Crippen molar-refractivity contribution in [2.45, 2.75) is 52.4 Å². The van der Waals surface area contributed by atoms with Gasteiger partial charge < -0.3 is 23.4 Å². The maximum Gasteiger partial charge on any atom is 0.265 e. The molecule has 0 spiro atoms. The second-order valence-electron chi connectivity index (χ2n) is 20.5. The Labute approximate surface area is 396 Å². The van der Waals surface area contributed by atoms with Gasteiger partial charge in [-0.2, -0.15) is 0 Å². The van der Waals surface area contributed by atoms with Crippen LogP contribution >= 0.6 is 0 Å². The summed E-state index contributed by atoms with van der Waals surface area (Å²) in [5.74, 6) is 3.13. The summed E-state index contributed by atoms with van der Waals surface area (Å²) in [5.41, 5.74) is 16.0. The van der Waals surface area contributed by atoms with Crippen molar-refractivity contribution in [2.75, 3.05) is 4.90 Å². The lowest BCUT2D eigenvalue weighted by Crippen LogP contribution is -2.57. The van der Waals surface area contributed by atoms with E-state index in [0.717, 1.165) is 106 Å². The standard InChI is InChI=1S/C62H49BN2O3/c1-61(2,3)39-28-32-49-45(34-39)46-35-40(62(4,5)6)29-33-50(46)65(49)51-37-56-59(60-57(51)44-23-14-16-25-52(44)68-60)63-47-31-30-42(36-55(47)66-53-26-17-27-54(67-56)58(53)63)64(41-20-11-8-12-21-41)48-24-15-13-22-43(48)38-18-9-7-10-19-38/h7-37H,1-6H3. The topological polar surface area (TPSA) is 39.8 Å². The highest BCUT2D eigenvalue weighted by atomic mass is 16.5. The third kappa shape index (κ3) is 6.16. The average molecular weight is 881 g/mol. The molecule has 2 aromatic heterocycles. The molecule has 6 heteroatoms. The molecule has 0 saturated carbocycles. The molecule has 0 fully saturated rings. The quantitative estimate of drug-likeness (QED) is 0.162. The molecule has 0 saturated heterocycles. The van der Waals surface area contributed by atoms with E-state index in [-0.39, 0.29) is 17.5 Å². The van der Waals surface area contributed by atoms with Crippen LogP contribution in [0.2, 0.25) is 0 Å². The second-order valence-corrected chi connectivity index (χ2v) is 20.5. The fourth-order valence-electron chi connectivity index (χ4n) is 10.8. The number of hydrogen-bond donors (Lipinski definition) is 0. The van der Waals surface area contributed by atoms with Gasteiger partial charge in [-0.25, -0.2) is 0 Å². The summed E-state index contributed by atoms with van der Waals surface area (Å²) in [6.07, 6.45) is 0. The van der Waals surface area contributed by atoms with Crippen LogP contribution in [0.5, 0.6) is 23.0 Å². The van der Waals surface area contributed by atoms with Crippen LogP contribution in [0.3, 0.4) is 0 Å². The van der Waals surface area contributed by atoms with Gasteiger partial charge in [0.25, 0.3) is 6.71 Å². The summed E-state index contributed by atoms with van der Waals surface area (Å²) in [6, 6.07) is 67.4. The van der Waals surface area contributed by atoms with E-state index in [0.29, 0.717) is 0 Å². The molecule has 9 aromatic carbocycles. The zero-order valence-electron chi connectivity index (χ0n) is 39.1. The summed E-state index contributed by atoms with van der Waals surface area (Å²) in [6.45, 7) is 13.5. The van der Waals surface area contributed by atoms with Crippen LogP contribution in [0.4, 0.5) is 17.1 Å². The van der Waals surface area contributed by atoms with Crippen LogP contribution in [0.25, 0.3) is 60.6 Å². The minimum atomic E-state index is -0.233. The predicted molar refractivity (Wildman–Crippen MR) is 283 cm³/mol. The van der Waals surface area contributed by atoms with Crippen LogP contribution < -0.4 is 30.8 Å². The Hall–Kier alpha value is -7.96. The fraction of sp³-hybridized carbons (Fsp3) is 0.129. The van der Waals surface area contributed by atoms with Gasteiger partial charge >= 0.3 is 0 Å². The van der Waals surface area contributed by atoms with Crippen molar-refractivity contribution in [2.24, 2.45) is 0 Å². The number of ether oxygens (including phenoxy) is 2. The van der Waals surface area contributed by atoms with Gasteiger partial charge in [0.2, 0.25) is 0 Å². The van der Waals surface area contributed by atoms with E-state index < -0.39 is 0 Å². The average Bonchev–Trinajstić information content (AvgIpc) is 3.90. The SMILES string of the molecule is CC(C)(C)c1ccc2c(c1)c1cc(C(C)(C)C)ccc1n2-c1cc2c(c3oc4ccccc4c13)B1c3ccc(N(c4ccccc4)c4ccccc4-c4ccccc4)cc3Oc3cccc(c31)O2. The van der Waals surface area contributed by atoms with Gasteiger partial charge in [0.15, 0.2) is 0 Å². The Balaban J connectivity index is 1.05. The minimum Gasteiger partial charge on any atom is -0.458 e. The van der Waals surface area contributed by atoms with Crippen molar-refractivity contribution in [3.05, 3.63) is 199 Å². The lowest BCUT2D eigenvalue weighted by atomic mass is 9.34. The number of aromatic nitrogens is 1. The first-order valence-electron chi connectivity index (χ1n) is 23.7. The highest BCUT2D eigenvalue weighted by Gasteiger charge is 2.43. The first kappa shape index (κ1) is 40.3. The first-order chi connectivity index (χ1) is 33.0. The molecule has 0 bridgehead atoms. The molecule has 4 heterocycles. The monoisotopic (exact) mass is 880 g/mol. The summed E-state index contributed by atoms with van der Waals surface area (Å²) < 4.78 is 23.7. The summed E-state index contributed by atoms with van der Waals surface area (Å²) in [4.78, 5) is 2.33. The van der Waals surface area contributed by atoms with Gasteiger partial charge in [0.05, 0.1) is 27.8 Å². The fourth-order valence-corrected chi connectivity index (χ4v) is 10.8. The van der Waals surface area contributed by atoms with Crippen molar-refractivity contribution in [3.63, 3.8) is 0 Å². The number of fused-ring (bicyclic) bond motifs is 11. The van der Waals surface area contributed by atoms with Crippen LogP contribution in [0, 0.1) is 0 Å². The molecule has 0 aliphatic carbocycles. The first-order valence-corrected chi connectivity index (χ1v) is 23.7. The molecule has 0 amide bonds. The normalized spacial score (nSPS) is 13.1. The predicted octanol–water partition coefficient (Wildman–Crippen LogP) is 15.1. The zero-order valence-corrected chi connectivity index (χ0v) is 39.1. The summed E-state index contributed by atoms with van der Waals surface area (Å²) in [5, 5.41) is 4.58. The van der Waals surface area contributed by atoms with Gasteiger partial charge in [-0.05, 0) is 99.7 Å². The number of nitrogens with zero attached hydrogens (tertiary/aromatic N) is 2. The Morgan fingerprint density at radius 3 is 1.78 bits per heavy atom. The third-order valence-electron chi connectivity index (χ3n) is 14.2. The Bertz CT molecular complexity index is 3760. The highest BCUT2D eigenvalue weighted by molar-refractivity contribution is 6.99. The third-order valence-corrected chi connectivity index (χ3v) is 14.2. The van der Waals surface area contributed by atoms with E-state index in [2.05, 4.69) is 233 Å². The lowest BCUT2D eigenvalue weighted by molar-refractivity contribution is 0.464. The highest BCUT2D eigenvalue weighted by Crippen LogP contribution is 2.47. The Kier molecular flexibility index (Phi) is 8.76. The van der Waals surface area contributed by atoms with Gasteiger partial charge in [-0.1, -0.05) is 151 Å². The van der Waals surface area contributed by atoms with E-state index in [1.165, 1.54) is 21.9 Å². The van der Waals surface area contributed by atoms with Crippen LogP contribution in [0.1, 0.15) is 52.7 Å². The van der Waals surface area contributed by atoms with E-state index in [1.54, 1.807) is 0 Å². The molecule has 2 aliphatic rings. The molecule has 2 aliphatic heterocycles. The molecular formula is C62H49BN2O3. The lowest BCUT2D eigenvalue weighted by Gasteiger charge is -2.34. The number of benzene rings is 9. The van der Waals surface area contributed by atoms with Crippen molar-refractivity contribution in [3.8, 4) is 39.8 Å². The maximum atomic E-state index is 7.16. The Morgan fingerprint density at radius 2 is 1.09 bits per heavy atom. The molecule has 5 nitrogen and oxygen atoms in total. The molecule has 11 aromatic rings. The minimum absolute atomic E-state index is 0.0164. The van der Waals surface area contributed by atoms with Gasteiger partial charge in [-0.15, -0.1) is 0 Å². The smallest absolute Gasteiger partial charge is 0.265 e. The van der Waals surface area contributed by atoms with Crippen molar-refractivity contribution in [1.82, 2.24) is 4.57 Å². The van der Waals surface area contributed by atoms with Crippen molar-refractivity contribution >= 4 is 83.9 Å². The van der Waals surface area contributed by atoms with Gasteiger partial charge in [0, 0.05) is 56.2 Å². The van der Waals surface area contributed by atoms with Crippen molar-refractivity contribution in [1.29, 1.82) is 0 Å². The zero-order chi connectivity index (χ0) is 46.1. The Morgan fingerprint density at radius 1 is 0.471 bits per heavy atom. The van der Waals surface area contributed by atoms with E-state index in [4.69, 9.17) is 13.9 Å². The largest absolute Gasteiger partial charge is 0.458 e. The van der Waals surface area contributed by atoms with Gasteiger partial charge in [0.1, 0.15) is 34.2 Å². The molecule has 0 N–H and O–H groups in total. The van der Waals surface area contributed by atoms with E-state index in [9.17, 15) is 0 Å². The summed E-state index contributed by atoms with van der Waals surface area (Å²) in [7, 11) is 0. The van der Waals surface area contributed by atoms with E-state index in [1.807, 2.05) is 6.07 Å². The van der Waals surface area contributed by atoms with E-state index >= 15 is 0 Å². The molecule has 68 heavy (non-hydrogen) atoms. The number of rotatable bonds is 5. The molecule has 0 radical (unpaired) electrons. The number of para-hydroxylation sites is 3.